The smallest absolute Gasteiger partial charge is 0.141 e. The van der Waals surface area contributed by atoms with Gasteiger partial charge in [0, 0.05) is 3.57 Å². The third-order valence-electron chi connectivity index (χ3n) is 1.94. The summed E-state index contributed by atoms with van der Waals surface area (Å²) in [6, 6.07) is 3.96. The van der Waals surface area contributed by atoms with Crippen molar-refractivity contribution in [3.05, 3.63) is 26.3 Å². The van der Waals surface area contributed by atoms with E-state index in [1.807, 2.05) is 6.07 Å². The van der Waals surface area contributed by atoms with E-state index in [1.165, 1.54) is 0 Å². The average Bonchev–Trinajstić information content (AvgIpc) is 2.02. The van der Waals surface area contributed by atoms with E-state index in [4.69, 9.17) is 27.9 Å². The van der Waals surface area contributed by atoms with E-state index in [-0.39, 0.29) is 5.38 Å². The molecule has 1 aromatic carbocycles. The number of ether oxygens (including phenoxy) is 1. The Kier molecular flexibility index (Phi) is 2.91. The molecule has 4 heteroatoms. The first-order chi connectivity index (χ1) is 6.16. The summed E-state index contributed by atoms with van der Waals surface area (Å²) in [5.41, 5.74) is 1.11. The molecule has 1 aliphatic heterocycles. The standard InChI is InChI=1S/C9H7Cl2IO/c10-6-1-5-2-7(12)3-8(11)9(5)13-4-6/h2-3,6H,1,4H2. The van der Waals surface area contributed by atoms with Gasteiger partial charge in [0.25, 0.3) is 0 Å². The summed E-state index contributed by atoms with van der Waals surface area (Å²) in [4.78, 5) is 0. The average molecular weight is 329 g/mol. The van der Waals surface area contributed by atoms with Gasteiger partial charge < -0.3 is 4.74 Å². The summed E-state index contributed by atoms with van der Waals surface area (Å²) in [6.45, 7) is 0.550. The second-order valence-electron chi connectivity index (χ2n) is 2.99. The lowest BCUT2D eigenvalue weighted by atomic mass is 10.1. The maximum absolute atomic E-state index is 6.02. The molecule has 2 rings (SSSR count). The fourth-order valence-electron chi connectivity index (χ4n) is 1.40. The molecular formula is C9H7Cl2IO. The second-order valence-corrected chi connectivity index (χ2v) is 5.26. The lowest BCUT2D eigenvalue weighted by Crippen LogP contribution is -2.21. The number of hydrogen-bond acceptors (Lipinski definition) is 1. The first-order valence-corrected chi connectivity index (χ1v) is 5.81. The predicted molar refractivity (Wildman–Crippen MR) is 63.0 cm³/mol. The highest BCUT2D eigenvalue weighted by atomic mass is 127. The Labute approximate surface area is 101 Å². The van der Waals surface area contributed by atoms with Gasteiger partial charge in [-0.3, -0.25) is 0 Å². The van der Waals surface area contributed by atoms with Crippen molar-refractivity contribution in [2.45, 2.75) is 11.8 Å². The van der Waals surface area contributed by atoms with Crippen molar-refractivity contribution in [3.8, 4) is 5.75 Å². The van der Waals surface area contributed by atoms with Gasteiger partial charge in [-0.1, -0.05) is 11.6 Å². The fourth-order valence-corrected chi connectivity index (χ4v) is 2.79. The van der Waals surface area contributed by atoms with Crippen LogP contribution in [-0.2, 0) is 6.42 Å². The molecule has 0 spiro atoms. The number of fused-ring (bicyclic) bond motifs is 1. The Morgan fingerprint density at radius 3 is 3.00 bits per heavy atom. The van der Waals surface area contributed by atoms with Gasteiger partial charge in [-0.25, -0.2) is 0 Å². The SMILES string of the molecule is Clc1cc(I)cc2c1OCC(Cl)C2. The number of rotatable bonds is 0. The molecule has 0 aliphatic carbocycles. The fraction of sp³-hybridized carbons (Fsp3) is 0.333. The molecule has 1 unspecified atom stereocenters. The van der Waals surface area contributed by atoms with Crippen LogP contribution >= 0.6 is 45.8 Å². The lowest BCUT2D eigenvalue weighted by Gasteiger charge is -2.22. The van der Waals surface area contributed by atoms with Gasteiger partial charge in [0.1, 0.15) is 12.4 Å². The van der Waals surface area contributed by atoms with E-state index in [2.05, 4.69) is 28.7 Å². The number of hydrogen-bond donors (Lipinski definition) is 0. The van der Waals surface area contributed by atoms with E-state index in [1.54, 1.807) is 0 Å². The highest BCUT2D eigenvalue weighted by molar-refractivity contribution is 14.1. The summed E-state index contributed by atoms with van der Waals surface area (Å²) in [7, 11) is 0. The second kappa shape index (κ2) is 3.83. The van der Waals surface area contributed by atoms with Crippen LogP contribution in [0.1, 0.15) is 5.56 Å². The summed E-state index contributed by atoms with van der Waals surface area (Å²) < 4.78 is 6.58. The van der Waals surface area contributed by atoms with E-state index >= 15 is 0 Å². The van der Waals surface area contributed by atoms with Crippen molar-refractivity contribution < 1.29 is 4.74 Å². The molecule has 0 amide bonds. The van der Waals surface area contributed by atoms with Crippen molar-refractivity contribution in [1.82, 2.24) is 0 Å². The molecule has 0 saturated carbocycles. The van der Waals surface area contributed by atoms with Crippen molar-refractivity contribution in [3.63, 3.8) is 0 Å². The quantitative estimate of drug-likeness (QED) is 0.523. The van der Waals surface area contributed by atoms with Gasteiger partial charge in [0.2, 0.25) is 0 Å². The van der Waals surface area contributed by atoms with E-state index < -0.39 is 0 Å². The molecule has 1 aromatic rings. The van der Waals surface area contributed by atoms with Crippen molar-refractivity contribution >= 4 is 45.8 Å². The maximum atomic E-state index is 6.02. The summed E-state index contributed by atoms with van der Waals surface area (Å²) >= 11 is 14.2. The van der Waals surface area contributed by atoms with Crippen LogP contribution < -0.4 is 4.74 Å². The number of alkyl halides is 1. The minimum absolute atomic E-state index is 0.0711. The van der Waals surface area contributed by atoms with Crippen LogP contribution in [0.4, 0.5) is 0 Å². The molecular weight excluding hydrogens is 322 g/mol. The van der Waals surface area contributed by atoms with E-state index in [0.717, 1.165) is 21.3 Å². The number of benzene rings is 1. The molecule has 0 fully saturated rings. The van der Waals surface area contributed by atoms with E-state index in [0.29, 0.717) is 11.6 Å². The molecule has 0 bridgehead atoms. The minimum Gasteiger partial charge on any atom is -0.490 e. The first-order valence-electron chi connectivity index (χ1n) is 3.91. The zero-order valence-corrected chi connectivity index (χ0v) is 10.4. The highest BCUT2D eigenvalue weighted by Gasteiger charge is 2.20. The molecule has 13 heavy (non-hydrogen) atoms. The summed E-state index contributed by atoms with van der Waals surface area (Å²) in [5, 5.41) is 0.757. The van der Waals surface area contributed by atoms with Gasteiger partial charge in [-0.2, -0.15) is 0 Å². The van der Waals surface area contributed by atoms with Gasteiger partial charge in [0.05, 0.1) is 10.4 Å². The number of halogens is 3. The van der Waals surface area contributed by atoms with Gasteiger partial charge >= 0.3 is 0 Å². The molecule has 0 radical (unpaired) electrons. The van der Waals surface area contributed by atoms with Crippen LogP contribution in [0.3, 0.4) is 0 Å². The van der Waals surface area contributed by atoms with Gasteiger partial charge in [-0.05, 0) is 46.7 Å². The topological polar surface area (TPSA) is 9.23 Å². The zero-order chi connectivity index (χ0) is 9.42. The highest BCUT2D eigenvalue weighted by Crippen LogP contribution is 2.35. The molecule has 0 aromatic heterocycles. The van der Waals surface area contributed by atoms with Gasteiger partial charge in [0.15, 0.2) is 0 Å². The third-order valence-corrected chi connectivity index (χ3v) is 3.12. The Morgan fingerprint density at radius 1 is 1.46 bits per heavy atom. The molecule has 1 aliphatic rings. The zero-order valence-electron chi connectivity index (χ0n) is 6.69. The van der Waals surface area contributed by atoms with E-state index in [9.17, 15) is 0 Å². The van der Waals surface area contributed by atoms with Crippen LogP contribution in [0.25, 0.3) is 0 Å². The molecule has 0 N–H and O–H groups in total. The van der Waals surface area contributed by atoms with Crippen molar-refractivity contribution in [2.75, 3.05) is 6.61 Å². The van der Waals surface area contributed by atoms with Gasteiger partial charge in [-0.15, -0.1) is 11.6 Å². The molecule has 1 heterocycles. The van der Waals surface area contributed by atoms with Crippen LogP contribution in [0.2, 0.25) is 5.02 Å². The minimum atomic E-state index is 0.0711. The van der Waals surface area contributed by atoms with Crippen LogP contribution in [0, 0.1) is 3.57 Å². The van der Waals surface area contributed by atoms with Crippen LogP contribution in [0.15, 0.2) is 12.1 Å². The summed E-state index contributed by atoms with van der Waals surface area (Å²) in [6.07, 6.45) is 0.841. The normalized spacial score (nSPS) is 20.7. The molecule has 1 atom stereocenters. The van der Waals surface area contributed by atoms with Crippen LogP contribution in [-0.4, -0.2) is 12.0 Å². The molecule has 0 saturated heterocycles. The maximum Gasteiger partial charge on any atom is 0.141 e. The largest absolute Gasteiger partial charge is 0.490 e. The van der Waals surface area contributed by atoms with Crippen LogP contribution in [0.5, 0.6) is 5.75 Å². The van der Waals surface area contributed by atoms with Crippen molar-refractivity contribution in [1.29, 1.82) is 0 Å². The monoisotopic (exact) mass is 328 g/mol. The third kappa shape index (κ3) is 2.05. The van der Waals surface area contributed by atoms with Crippen molar-refractivity contribution in [2.24, 2.45) is 0 Å². The Bertz CT molecular complexity index is 341. The molecule has 70 valence electrons. The Morgan fingerprint density at radius 2 is 2.23 bits per heavy atom. The lowest BCUT2D eigenvalue weighted by molar-refractivity contribution is 0.292. The summed E-state index contributed by atoms with van der Waals surface area (Å²) in [5.74, 6) is 0.805. The first kappa shape index (κ1) is 9.87. The molecule has 1 nitrogen and oxygen atoms in total. The Hall–Kier alpha value is 0.330. The predicted octanol–water partition coefficient (Wildman–Crippen LogP) is 3.49. The Balaban J connectivity index is 2.47.